The van der Waals surface area contributed by atoms with Gasteiger partial charge in [-0.25, -0.2) is 0 Å². The van der Waals surface area contributed by atoms with E-state index in [0.717, 1.165) is 19.6 Å². The Hall–Kier alpha value is -1.35. The van der Waals surface area contributed by atoms with Gasteiger partial charge in [-0.05, 0) is 50.3 Å². The zero-order valence-corrected chi connectivity index (χ0v) is 16.2. The summed E-state index contributed by atoms with van der Waals surface area (Å²) in [4.78, 5) is 17.4. The Bertz CT molecular complexity index is 560. The van der Waals surface area contributed by atoms with Crippen molar-refractivity contribution in [3.8, 4) is 0 Å². The van der Waals surface area contributed by atoms with E-state index in [1.165, 1.54) is 43.5 Å². The number of amides is 1. The molecule has 0 radical (unpaired) electrons. The Morgan fingerprint density at radius 2 is 1.76 bits per heavy atom. The number of likely N-dealkylation sites (tertiary alicyclic amines) is 2. The van der Waals surface area contributed by atoms with Crippen LogP contribution in [0.5, 0.6) is 0 Å². The van der Waals surface area contributed by atoms with Gasteiger partial charge < -0.3 is 9.80 Å². The summed E-state index contributed by atoms with van der Waals surface area (Å²) in [6.07, 6.45) is 4.72. The molecule has 2 saturated heterocycles. The van der Waals surface area contributed by atoms with E-state index < -0.39 is 0 Å². The van der Waals surface area contributed by atoms with Crippen LogP contribution in [0, 0.1) is 18.8 Å². The number of piperidine rings is 1. The molecule has 0 bridgehead atoms. The Kier molecular flexibility index (Phi) is 6.16. The van der Waals surface area contributed by atoms with E-state index >= 15 is 0 Å². The Morgan fingerprint density at radius 3 is 2.40 bits per heavy atom. The SMILES string of the molecule is Cc1ccc([C@@H]2CN(C(=O)CC(C)C)C[C@H]2CN2CCCCC2)cc1. The minimum Gasteiger partial charge on any atom is -0.342 e. The highest BCUT2D eigenvalue weighted by Crippen LogP contribution is 2.34. The van der Waals surface area contributed by atoms with Crippen molar-refractivity contribution in [3.05, 3.63) is 35.4 Å². The number of aryl methyl sites for hydroxylation is 1. The molecule has 2 fully saturated rings. The van der Waals surface area contributed by atoms with Crippen LogP contribution in [0.4, 0.5) is 0 Å². The van der Waals surface area contributed by atoms with E-state index in [-0.39, 0.29) is 0 Å². The van der Waals surface area contributed by atoms with E-state index in [0.29, 0.717) is 30.1 Å². The topological polar surface area (TPSA) is 23.6 Å². The van der Waals surface area contributed by atoms with Gasteiger partial charge in [0, 0.05) is 32.0 Å². The lowest BCUT2D eigenvalue weighted by molar-refractivity contribution is -0.131. The normalized spacial score (nSPS) is 24.9. The molecule has 1 amide bonds. The fraction of sp³-hybridized carbons (Fsp3) is 0.682. The third-order valence-electron chi connectivity index (χ3n) is 5.82. The largest absolute Gasteiger partial charge is 0.342 e. The summed E-state index contributed by atoms with van der Waals surface area (Å²) in [5, 5.41) is 0. The number of benzene rings is 1. The number of carbonyl (C=O) groups excluding carboxylic acids is 1. The summed E-state index contributed by atoms with van der Waals surface area (Å²) < 4.78 is 0. The monoisotopic (exact) mass is 342 g/mol. The quantitative estimate of drug-likeness (QED) is 0.805. The van der Waals surface area contributed by atoms with Crippen LogP contribution in [0.2, 0.25) is 0 Å². The average molecular weight is 343 g/mol. The molecule has 3 heteroatoms. The van der Waals surface area contributed by atoms with E-state index in [9.17, 15) is 4.79 Å². The summed E-state index contributed by atoms with van der Waals surface area (Å²) in [5.74, 6) is 1.83. The Morgan fingerprint density at radius 1 is 1.08 bits per heavy atom. The lowest BCUT2D eigenvalue weighted by atomic mass is 9.88. The van der Waals surface area contributed by atoms with Crippen LogP contribution in [-0.4, -0.2) is 48.4 Å². The van der Waals surface area contributed by atoms with Crippen molar-refractivity contribution >= 4 is 5.91 Å². The zero-order valence-electron chi connectivity index (χ0n) is 16.2. The molecule has 2 atom stereocenters. The summed E-state index contributed by atoms with van der Waals surface area (Å²) >= 11 is 0. The fourth-order valence-corrected chi connectivity index (χ4v) is 4.40. The molecular weight excluding hydrogens is 308 g/mol. The molecule has 0 spiro atoms. The van der Waals surface area contributed by atoms with Gasteiger partial charge in [-0.1, -0.05) is 50.1 Å². The average Bonchev–Trinajstić information content (AvgIpc) is 3.00. The first-order chi connectivity index (χ1) is 12.0. The maximum atomic E-state index is 12.6. The highest BCUT2D eigenvalue weighted by atomic mass is 16.2. The molecule has 1 aromatic rings. The molecule has 3 nitrogen and oxygen atoms in total. The molecule has 3 rings (SSSR count). The van der Waals surface area contributed by atoms with Crippen LogP contribution < -0.4 is 0 Å². The summed E-state index contributed by atoms with van der Waals surface area (Å²) in [6, 6.07) is 8.98. The minimum absolute atomic E-state index is 0.341. The second-order valence-electron chi connectivity index (χ2n) is 8.54. The molecule has 0 aliphatic carbocycles. The molecule has 0 unspecified atom stereocenters. The van der Waals surface area contributed by atoms with Crippen molar-refractivity contribution in [2.75, 3.05) is 32.7 Å². The zero-order chi connectivity index (χ0) is 17.8. The van der Waals surface area contributed by atoms with Gasteiger partial charge in [0.05, 0.1) is 0 Å². The number of nitrogens with zero attached hydrogens (tertiary/aromatic N) is 2. The predicted molar refractivity (Wildman–Crippen MR) is 104 cm³/mol. The van der Waals surface area contributed by atoms with E-state index in [4.69, 9.17) is 0 Å². The minimum atomic E-state index is 0.341. The molecule has 0 aromatic heterocycles. The summed E-state index contributed by atoms with van der Waals surface area (Å²) in [5.41, 5.74) is 2.72. The number of hydrogen-bond donors (Lipinski definition) is 0. The summed E-state index contributed by atoms with van der Waals surface area (Å²) in [6.45, 7) is 11.8. The van der Waals surface area contributed by atoms with Crippen molar-refractivity contribution in [1.29, 1.82) is 0 Å². The van der Waals surface area contributed by atoms with Gasteiger partial charge in [0.25, 0.3) is 0 Å². The smallest absolute Gasteiger partial charge is 0.222 e. The maximum Gasteiger partial charge on any atom is 0.222 e. The van der Waals surface area contributed by atoms with E-state index in [1.54, 1.807) is 0 Å². The molecule has 1 aromatic carbocycles. The molecule has 2 aliphatic rings. The molecule has 138 valence electrons. The molecule has 25 heavy (non-hydrogen) atoms. The van der Waals surface area contributed by atoms with Crippen LogP contribution in [0.25, 0.3) is 0 Å². The lowest BCUT2D eigenvalue weighted by Crippen LogP contribution is -2.37. The predicted octanol–water partition coefficient (Wildman–Crippen LogP) is 4.07. The Labute approximate surface area is 153 Å². The number of hydrogen-bond acceptors (Lipinski definition) is 2. The van der Waals surface area contributed by atoms with Gasteiger partial charge in [-0.2, -0.15) is 0 Å². The molecule has 2 aliphatic heterocycles. The second-order valence-corrected chi connectivity index (χ2v) is 8.54. The van der Waals surface area contributed by atoms with Crippen molar-refractivity contribution < 1.29 is 4.79 Å². The highest BCUT2D eigenvalue weighted by Gasteiger charge is 2.37. The summed E-state index contributed by atoms with van der Waals surface area (Å²) in [7, 11) is 0. The van der Waals surface area contributed by atoms with Crippen LogP contribution in [0.3, 0.4) is 0 Å². The number of carbonyl (C=O) groups is 1. The van der Waals surface area contributed by atoms with Gasteiger partial charge in [0.15, 0.2) is 0 Å². The molecule has 0 N–H and O–H groups in total. The van der Waals surface area contributed by atoms with Crippen molar-refractivity contribution in [2.45, 2.75) is 52.4 Å². The van der Waals surface area contributed by atoms with Crippen molar-refractivity contribution in [3.63, 3.8) is 0 Å². The second kappa shape index (κ2) is 8.35. The van der Waals surface area contributed by atoms with Gasteiger partial charge >= 0.3 is 0 Å². The third-order valence-corrected chi connectivity index (χ3v) is 5.82. The first kappa shape index (κ1) is 18.4. The van der Waals surface area contributed by atoms with Crippen molar-refractivity contribution in [1.82, 2.24) is 9.80 Å². The highest BCUT2D eigenvalue weighted by molar-refractivity contribution is 5.76. The Balaban J connectivity index is 1.73. The van der Waals surface area contributed by atoms with Crippen LogP contribution in [-0.2, 0) is 4.79 Å². The van der Waals surface area contributed by atoms with Gasteiger partial charge in [-0.15, -0.1) is 0 Å². The van der Waals surface area contributed by atoms with Crippen LogP contribution in [0.1, 0.15) is 56.6 Å². The van der Waals surface area contributed by atoms with Gasteiger partial charge in [-0.3, -0.25) is 4.79 Å². The first-order valence-electron chi connectivity index (χ1n) is 10.1. The maximum absolute atomic E-state index is 12.6. The van der Waals surface area contributed by atoms with Gasteiger partial charge in [0.2, 0.25) is 5.91 Å². The van der Waals surface area contributed by atoms with Crippen molar-refractivity contribution in [2.24, 2.45) is 11.8 Å². The van der Waals surface area contributed by atoms with Crippen LogP contribution in [0.15, 0.2) is 24.3 Å². The molecule has 0 saturated carbocycles. The molecular formula is C22H34N2O. The fourth-order valence-electron chi connectivity index (χ4n) is 4.40. The van der Waals surface area contributed by atoms with Gasteiger partial charge in [0.1, 0.15) is 0 Å². The molecule has 2 heterocycles. The standard InChI is InChI=1S/C22H34N2O/c1-17(2)13-22(25)24-15-20(14-23-11-5-4-6-12-23)21(16-24)19-9-7-18(3)8-10-19/h7-10,17,20-21H,4-6,11-16H2,1-3H3/t20-,21+/m1/s1. The number of rotatable bonds is 5. The lowest BCUT2D eigenvalue weighted by Gasteiger charge is -2.31. The van der Waals surface area contributed by atoms with E-state index in [2.05, 4.69) is 54.8 Å². The van der Waals surface area contributed by atoms with E-state index in [1.807, 2.05) is 0 Å². The van der Waals surface area contributed by atoms with Crippen LogP contribution >= 0.6 is 0 Å². The third kappa shape index (κ3) is 4.84. The first-order valence-corrected chi connectivity index (χ1v) is 10.1.